The Morgan fingerprint density at radius 2 is 1.75 bits per heavy atom. The summed E-state index contributed by atoms with van der Waals surface area (Å²) in [5.41, 5.74) is 0. The van der Waals surface area contributed by atoms with E-state index in [1.54, 1.807) is 0 Å². The molecule has 92 valence electrons. The van der Waals surface area contributed by atoms with Crippen molar-refractivity contribution in [3.05, 3.63) is 5.82 Å². The molecule has 0 unspecified atom stereocenters. The van der Waals surface area contributed by atoms with Crippen LogP contribution in [0.4, 0.5) is 0 Å². The average molecular weight is 225 g/mol. The second kappa shape index (κ2) is 6.58. The number of H-pyrrole nitrogens is 1. The van der Waals surface area contributed by atoms with Crippen LogP contribution in [0, 0.1) is 11.8 Å². The Morgan fingerprint density at radius 1 is 1.12 bits per heavy atom. The van der Waals surface area contributed by atoms with Gasteiger partial charge in [-0.2, -0.15) is 5.21 Å². The van der Waals surface area contributed by atoms with Crippen LogP contribution in [0.3, 0.4) is 0 Å². The maximum atomic E-state index is 3.94. The molecule has 0 atom stereocenters. The van der Waals surface area contributed by atoms with E-state index in [1.807, 2.05) is 0 Å². The first-order chi connectivity index (χ1) is 7.58. The molecule has 0 amide bonds. The van der Waals surface area contributed by atoms with Gasteiger partial charge < -0.3 is 5.32 Å². The molecular weight excluding hydrogens is 202 g/mol. The molecule has 0 aliphatic heterocycles. The molecule has 0 saturated carbocycles. The summed E-state index contributed by atoms with van der Waals surface area (Å²) in [5.74, 6) is 2.15. The largest absolute Gasteiger partial charge is 0.307 e. The van der Waals surface area contributed by atoms with Crippen molar-refractivity contribution in [3.8, 4) is 0 Å². The first-order valence-electron chi connectivity index (χ1n) is 6.03. The third kappa shape index (κ3) is 5.21. The molecule has 0 saturated heterocycles. The maximum absolute atomic E-state index is 3.94. The molecule has 5 heteroatoms. The molecule has 0 fully saturated rings. The highest BCUT2D eigenvalue weighted by Gasteiger charge is 2.13. The van der Waals surface area contributed by atoms with Crippen molar-refractivity contribution in [1.82, 2.24) is 25.9 Å². The van der Waals surface area contributed by atoms with E-state index in [4.69, 9.17) is 0 Å². The van der Waals surface area contributed by atoms with Crippen LogP contribution in [0.15, 0.2) is 0 Å². The smallest absolute Gasteiger partial charge is 0.188 e. The van der Waals surface area contributed by atoms with Crippen molar-refractivity contribution < 1.29 is 0 Å². The van der Waals surface area contributed by atoms with Crippen LogP contribution in [0.25, 0.3) is 0 Å². The summed E-state index contributed by atoms with van der Waals surface area (Å²) < 4.78 is 0. The number of nitrogens with one attached hydrogen (secondary N) is 2. The van der Waals surface area contributed by atoms with Gasteiger partial charge in [-0.05, 0) is 24.7 Å². The Bertz CT molecular complexity index is 258. The summed E-state index contributed by atoms with van der Waals surface area (Å²) in [6, 6.07) is 0.540. The summed E-state index contributed by atoms with van der Waals surface area (Å²) in [6.45, 7) is 9.71. The molecule has 1 rings (SSSR count). The van der Waals surface area contributed by atoms with Gasteiger partial charge in [-0.1, -0.05) is 32.9 Å². The fourth-order valence-corrected chi connectivity index (χ4v) is 1.89. The van der Waals surface area contributed by atoms with Gasteiger partial charge in [0.2, 0.25) is 0 Å². The van der Waals surface area contributed by atoms with E-state index >= 15 is 0 Å². The van der Waals surface area contributed by atoms with Crippen molar-refractivity contribution in [2.75, 3.05) is 0 Å². The minimum Gasteiger partial charge on any atom is -0.307 e. The van der Waals surface area contributed by atoms with Crippen LogP contribution in [0.5, 0.6) is 0 Å². The van der Waals surface area contributed by atoms with Crippen LogP contribution in [-0.4, -0.2) is 26.7 Å². The molecule has 0 bridgehead atoms. The van der Waals surface area contributed by atoms with Crippen molar-refractivity contribution in [3.63, 3.8) is 0 Å². The van der Waals surface area contributed by atoms with E-state index in [1.165, 1.54) is 12.8 Å². The lowest BCUT2D eigenvalue weighted by Crippen LogP contribution is -2.31. The van der Waals surface area contributed by atoms with Crippen molar-refractivity contribution in [2.45, 2.75) is 53.1 Å². The third-order valence-corrected chi connectivity index (χ3v) is 2.45. The molecule has 2 N–H and O–H groups in total. The summed E-state index contributed by atoms with van der Waals surface area (Å²) in [4.78, 5) is 0. The van der Waals surface area contributed by atoms with Crippen molar-refractivity contribution in [1.29, 1.82) is 0 Å². The molecule has 16 heavy (non-hydrogen) atoms. The van der Waals surface area contributed by atoms with Gasteiger partial charge in [0.1, 0.15) is 0 Å². The van der Waals surface area contributed by atoms with Gasteiger partial charge in [0.25, 0.3) is 0 Å². The third-order valence-electron chi connectivity index (χ3n) is 2.45. The highest BCUT2D eigenvalue weighted by atomic mass is 15.5. The lowest BCUT2D eigenvalue weighted by Gasteiger charge is -2.21. The van der Waals surface area contributed by atoms with E-state index in [0.717, 1.165) is 5.82 Å². The van der Waals surface area contributed by atoms with Gasteiger partial charge in [0.05, 0.1) is 6.54 Å². The molecule has 0 aliphatic carbocycles. The van der Waals surface area contributed by atoms with Gasteiger partial charge in [-0.25, -0.2) is 0 Å². The second-order valence-corrected chi connectivity index (χ2v) is 5.16. The van der Waals surface area contributed by atoms with E-state index in [9.17, 15) is 0 Å². The molecule has 5 nitrogen and oxygen atoms in total. The second-order valence-electron chi connectivity index (χ2n) is 5.16. The maximum Gasteiger partial charge on any atom is 0.188 e. The minimum absolute atomic E-state index is 0.540. The molecule has 0 aliphatic rings. The molecular formula is C11H23N5. The Balaban J connectivity index is 2.37. The zero-order valence-electron chi connectivity index (χ0n) is 10.7. The van der Waals surface area contributed by atoms with Crippen molar-refractivity contribution >= 4 is 0 Å². The summed E-state index contributed by atoms with van der Waals surface area (Å²) in [5, 5.41) is 17.4. The number of nitrogens with zero attached hydrogens (tertiary/aromatic N) is 3. The number of hydrogen-bond acceptors (Lipinski definition) is 4. The molecule has 1 aromatic heterocycles. The lowest BCUT2D eigenvalue weighted by molar-refractivity contribution is 0.355. The first-order valence-corrected chi connectivity index (χ1v) is 6.03. The number of aromatic nitrogens is 4. The number of rotatable bonds is 7. The average Bonchev–Trinajstić information content (AvgIpc) is 2.64. The van der Waals surface area contributed by atoms with E-state index in [0.29, 0.717) is 24.4 Å². The van der Waals surface area contributed by atoms with Crippen LogP contribution in [0.1, 0.15) is 46.4 Å². The number of tetrazole rings is 1. The fourth-order valence-electron chi connectivity index (χ4n) is 1.89. The van der Waals surface area contributed by atoms with Gasteiger partial charge in [0.15, 0.2) is 5.82 Å². The molecule has 0 aromatic carbocycles. The summed E-state index contributed by atoms with van der Waals surface area (Å²) in [6.07, 6.45) is 2.38. The Labute approximate surface area is 97.4 Å². The van der Waals surface area contributed by atoms with E-state index < -0.39 is 0 Å². The standard InChI is InChI=1S/C11H23N5/c1-8(2)5-10(6-9(3)4)12-7-11-13-15-16-14-11/h8-10,12H,5-7H2,1-4H3,(H,13,14,15,16). The normalized spacial score (nSPS) is 11.9. The quantitative estimate of drug-likeness (QED) is 0.742. The minimum atomic E-state index is 0.540. The zero-order valence-corrected chi connectivity index (χ0v) is 10.7. The van der Waals surface area contributed by atoms with Gasteiger partial charge >= 0.3 is 0 Å². The SMILES string of the molecule is CC(C)CC(CC(C)C)NCc1nn[nH]n1. The molecule has 1 heterocycles. The summed E-state index contributed by atoms with van der Waals surface area (Å²) >= 11 is 0. The fraction of sp³-hybridized carbons (Fsp3) is 0.909. The van der Waals surface area contributed by atoms with E-state index in [-0.39, 0.29) is 0 Å². The predicted molar refractivity (Wildman–Crippen MR) is 63.7 cm³/mol. The van der Waals surface area contributed by atoms with Crippen LogP contribution in [-0.2, 0) is 6.54 Å². The van der Waals surface area contributed by atoms with Crippen molar-refractivity contribution in [2.24, 2.45) is 11.8 Å². The number of hydrogen-bond donors (Lipinski definition) is 2. The predicted octanol–water partition coefficient (Wildman–Crippen LogP) is 1.75. The summed E-state index contributed by atoms with van der Waals surface area (Å²) in [7, 11) is 0. The Kier molecular flexibility index (Phi) is 5.38. The molecule has 0 radical (unpaired) electrons. The Morgan fingerprint density at radius 3 is 2.19 bits per heavy atom. The van der Waals surface area contributed by atoms with Gasteiger partial charge in [-0.15, -0.1) is 10.2 Å². The van der Waals surface area contributed by atoms with Gasteiger partial charge in [0, 0.05) is 6.04 Å². The lowest BCUT2D eigenvalue weighted by atomic mass is 9.95. The zero-order chi connectivity index (χ0) is 12.0. The highest BCUT2D eigenvalue weighted by molar-refractivity contribution is 4.78. The van der Waals surface area contributed by atoms with E-state index in [2.05, 4.69) is 53.6 Å². The highest BCUT2D eigenvalue weighted by Crippen LogP contribution is 2.13. The first kappa shape index (κ1) is 13.1. The Hall–Kier alpha value is -0.970. The molecule has 0 spiro atoms. The number of aromatic amines is 1. The van der Waals surface area contributed by atoms with Crippen LogP contribution < -0.4 is 5.32 Å². The van der Waals surface area contributed by atoms with Crippen LogP contribution in [0.2, 0.25) is 0 Å². The van der Waals surface area contributed by atoms with Gasteiger partial charge in [-0.3, -0.25) is 0 Å². The van der Waals surface area contributed by atoms with Crippen LogP contribution >= 0.6 is 0 Å². The topological polar surface area (TPSA) is 66.5 Å². The monoisotopic (exact) mass is 225 g/mol. The molecule has 1 aromatic rings.